The maximum absolute atomic E-state index is 12.6. The van der Waals surface area contributed by atoms with Crippen LogP contribution in [0.3, 0.4) is 0 Å². The number of hydrogen-bond donors (Lipinski definition) is 2. The zero-order valence-electron chi connectivity index (χ0n) is 15.8. The van der Waals surface area contributed by atoms with Gasteiger partial charge in [0.2, 0.25) is 0 Å². The molecule has 2 N–H and O–H groups in total. The summed E-state index contributed by atoms with van der Waals surface area (Å²) in [6, 6.07) is 16.0. The van der Waals surface area contributed by atoms with Gasteiger partial charge in [-0.25, -0.2) is 0 Å². The molecule has 148 valence electrons. The molecule has 0 fully saturated rings. The molecule has 0 bridgehead atoms. The van der Waals surface area contributed by atoms with Gasteiger partial charge in [0.25, 0.3) is 11.8 Å². The average molecular weight is 454 g/mol. The zero-order chi connectivity index (χ0) is 20.6. The van der Waals surface area contributed by atoms with Gasteiger partial charge in [0.1, 0.15) is 5.75 Å². The second-order valence-electron chi connectivity index (χ2n) is 6.34. The Morgan fingerprint density at radius 3 is 2.69 bits per heavy atom. The first kappa shape index (κ1) is 20.5. The summed E-state index contributed by atoms with van der Waals surface area (Å²) in [6.07, 6.45) is 3.36. The van der Waals surface area contributed by atoms with E-state index in [1.165, 1.54) is 0 Å². The lowest BCUT2D eigenvalue weighted by molar-refractivity contribution is -0.118. The number of ether oxygens (including phenoxy) is 1. The number of halogens is 1. The van der Waals surface area contributed by atoms with Gasteiger partial charge in [-0.1, -0.05) is 34.1 Å². The number of nitrogens with one attached hydrogen (secondary N) is 2. The quantitative estimate of drug-likeness (QED) is 0.564. The number of hydrogen-bond acceptors (Lipinski definition) is 4. The monoisotopic (exact) mass is 453 g/mol. The Bertz CT molecular complexity index is 1010. The first-order chi connectivity index (χ1) is 14.0. The molecular weight excluding hydrogens is 434 g/mol. The molecule has 0 unspecified atom stereocenters. The number of aromatic nitrogens is 1. The number of carbonyl (C=O) groups is 2. The van der Waals surface area contributed by atoms with E-state index in [-0.39, 0.29) is 18.4 Å². The molecule has 1 heterocycles. The number of nitrogens with zero attached hydrogens (tertiary/aromatic N) is 1. The maximum atomic E-state index is 12.6. The summed E-state index contributed by atoms with van der Waals surface area (Å²) in [6.45, 7) is 2.13. The Hall–Kier alpha value is -3.19. The van der Waals surface area contributed by atoms with Crippen molar-refractivity contribution in [2.45, 2.75) is 13.5 Å². The van der Waals surface area contributed by atoms with Crippen molar-refractivity contribution in [1.82, 2.24) is 10.3 Å². The summed E-state index contributed by atoms with van der Waals surface area (Å²) < 4.78 is 6.51. The highest BCUT2D eigenvalue weighted by Gasteiger charge is 2.13. The van der Waals surface area contributed by atoms with E-state index in [9.17, 15) is 9.59 Å². The molecule has 1 aromatic heterocycles. The van der Waals surface area contributed by atoms with Gasteiger partial charge >= 0.3 is 0 Å². The summed E-state index contributed by atoms with van der Waals surface area (Å²) in [5.41, 5.74) is 2.71. The largest absolute Gasteiger partial charge is 0.484 e. The SMILES string of the molecule is Cc1cc(OCC(=O)Nc2ccccc2C(=O)NCc2cccnc2)ccc1Br. The van der Waals surface area contributed by atoms with E-state index in [1.807, 2.05) is 31.2 Å². The van der Waals surface area contributed by atoms with Crippen LogP contribution in [-0.2, 0) is 11.3 Å². The van der Waals surface area contributed by atoms with E-state index in [0.29, 0.717) is 23.5 Å². The summed E-state index contributed by atoms with van der Waals surface area (Å²) in [4.78, 5) is 28.9. The second-order valence-corrected chi connectivity index (χ2v) is 7.19. The lowest BCUT2D eigenvalue weighted by Crippen LogP contribution is -2.26. The third-order valence-electron chi connectivity index (χ3n) is 4.12. The molecule has 3 rings (SSSR count). The van der Waals surface area contributed by atoms with Crippen LogP contribution in [-0.4, -0.2) is 23.4 Å². The minimum Gasteiger partial charge on any atom is -0.484 e. The molecular formula is C22H20BrN3O3. The van der Waals surface area contributed by atoms with Crippen LogP contribution in [0.2, 0.25) is 0 Å². The van der Waals surface area contributed by atoms with Gasteiger partial charge in [0, 0.05) is 23.4 Å². The molecule has 0 saturated carbocycles. The van der Waals surface area contributed by atoms with Gasteiger partial charge in [-0.15, -0.1) is 0 Å². The zero-order valence-corrected chi connectivity index (χ0v) is 17.4. The Balaban J connectivity index is 1.59. The molecule has 6 nitrogen and oxygen atoms in total. The number of carbonyl (C=O) groups excluding carboxylic acids is 2. The number of aryl methyl sites for hydroxylation is 1. The summed E-state index contributed by atoms with van der Waals surface area (Å²) in [5, 5.41) is 5.57. The van der Waals surface area contributed by atoms with Crippen LogP contribution in [0.4, 0.5) is 5.69 Å². The standard InChI is InChI=1S/C22H20BrN3O3/c1-15-11-17(8-9-19(15)23)29-14-21(27)26-20-7-3-2-6-18(20)22(28)25-13-16-5-4-10-24-12-16/h2-12H,13-14H2,1H3,(H,25,28)(H,26,27). The molecule has 2 aromatic carbocycles. The highest BCUT2D eigenvalue weighted by Crippen LogP contribution is 2.21. The van der Waals surface area contributed by atoms with Crippen molar-refractivity contribution in [1.29, 1.82) is 0 Å². The molecule has 0 atom stereocenters. The number of benzene rings is 2. The van der Waals surface area contributed by atoms with Crippen molar-refractivity contribution in [2.75, 3.05) is 11.9 Å². The smallest absolute Gasteiger partial charge is 0.262 e. The van der Waals surface area contributed by atoms with Crippen molar-refractivity contribution in [3.63, 3.8) is 0 Å². The fraction of sp³-hybridized carbons (Fsp3) is 0.136. The van der Waals surface area contributed by atoms with Gasteiger partial charge < -0.3 is 15.4 Å². The van der Waals surface area contributed by atoms with Crippen LogP contribution >= 0.6 is 15.9 Å². The van der Waals surface area contributed by atoms with E-state index in [4.69, 9.17) is 4.74 Å². The molecule has 0 saturated heterocycles. The van der Waals surface area contributed by atoms with Crippen molar-refractivity contribution in [2.24, 2.45) is 0 Å². The molecule has 0 aliphatic carbocycles. The molecule has 7 heteroatoms. The van der Waals surface area contributed by atoms with Crippen molar-refractivity contribution in [3.8, 4) is 5.75 Å². The van der Waals surface area contributed by atoms with Crippen molar-refractivity contribution >= 4 is 33.4 Å². The maximum Gasteiger partial charge on any atom is 0.262 e. The Kier molecular flexibility index (Phi) is 6.97. The van der Waals surface area contributed by atoms with Crippen LogP contribution in [0, 0.1) is 6.92 Å². The average Bonchev–Trinajstić information content (AvgIpc) is 2.74. The third-order valence-corrected chi connectivity index (χ3v) is 5.01. The number of para-hydroxylation sites is 1. The molecule has 3 aromatic rings. The van der Waals surface area contributed by atoms with E-state index < -0.39 is 0 Å². The Morgan fingerprint density at radius 1 is 1.10 bits per heavy atom. The van der Waals surface area contributed by atoms with Crippen LogP contribution in [0.1, 0.15) is 21.5 Å². The van der Waals surface area contributed by atoms with E-state index in [2.05, 4.69) is 31.5 Å². The number of amides is 2. The molecule has 0 aliphatic rings. The number of rotatable bonds is 7. The van der Waals surface area contributed by atoms with E-state index in [0.717, 1.165) is 15.6 Å². The Morgan fingerprint density at radius 2 is 1.93 bits per heavy atom. The van der Waals surface area contributed by atoms with Crippen LogP contribution in [0.25, 0.3) is 0 Å². The first-order valence-corrected chi connectivity index (χ1v) is 9.77. The number of anilines is 1. The topological polar surface area (TPSA) is 80.3 Å². The molecule has 0 aliphatic heterocycles. The van der Waals surface area contributed by atoms with Crippen molar-refractivity contribution in [3.05, 3.63) is 88.2 Å². The lowest BCUT2D eigenvalue weighted by atomic mass is 10.1. The molecule has 0 radical (unpaired) electrons. The highest BCUT2D eigenvalue weighted by molar-refractivity contribution is 9.10. The summed E-state index contributed by atoms with van der Waals surface area (Å²) in [7, 11) is 0. The minimum atomic E-state index is -0.349. The van der Waals surface area contributed by atoms with Gasteiger partial charge in [0.15, 0.2) is 6.61 Å². The normalized spacial score (nSPS) is 10.3. The second kappa shape index (κ2) is 9.84. The minimum absolute atomic E-state index is 0.160. The molecule has 2 amide bonds. The Labute approximate surface area is 177 Å². The fourth-order valence-electron chi connectivity index (χ4n) is 2.61. The summed E-state index contributed by atoms with van der Waals surface area (Å²) in [5.74, 6) is -0.0318. The van der Waals surface area contributed by atoms with Gasteiger partial charge in [-0.3, -0.25) is 14.6 Å². The van der Waals surface area contributed by atoms with E-state index >= 15 is 0 Å². The highest BCUT2D eigenvalue weighted by atomic mass is 79.9. The number of pyridine rings is 1. The predicted molar refractivity (Wildman–Crippen MR) is 115 cm³/mol. The molecule has 29 heavy (non-hydrogen) atoms. The van der Waals surface area contributed by atoms with Crippen molar-refractivity contribution < 1.29 is 14.3 Å². The predicted octanol–water partition coefficient (Wildman–Crippen LogP) is 4.10. The summed E-state index contributed by atoms with van der Waals surface area (Å²) >= 11 is 3.43. The van der Waals surface area contributed by atoms with Crippen LogP contribution < -0.4 is 15.4 Å². The van der Waals surface area contributed by atoms with Gasteiger partial charge in [0.05, 0.1) is 11.3 Å². The van der Waals surface area contributed by atoms with Crippen LogP contribution in [0.5, 0.6) is 5.75 Å². The van der Waals surface area contributed by atoms with Gasteiger partial charge in [-0.05, 0) is 54.4 Å². The van der Waals surface area contributed by atoms with Crippen LogP contribution in [0.15, 0.2) is 71.5 Å². The molecule has 0 spiro atoms. The van der Waals surface area contributed by atoms with Gasteiger partial charge in [-0.2, -0.15) is 0 Å². The fourth-order valence-corrected chi connectivity index (χ4v) is 2.86. The first-order valence-electron chi connectivity index (χ1n) is 8.98. The lowest BCUT2D eigenvalue weighted by Gasteiger charge is -2.12. The third kappa shape index (κ3) is 5.89. The van der Waals surface area contributed by atoms with E-state index in [1.54, 1.807) is 42.7 Å².